The molecule has 2 aromatic carbocycles. The lowest BCUT2D eigenvalue weighted by Gasteiger charge is -2.43. The van der Waals surface area contributed by atoms with Gasteiger partial charge in [0.1, 0.15) is 6.04 Å². The molecular formula is C23H28N2O2. The topological polar surface area (TPSA) is 58.2 Å². The molecule has 1 aliphatic carbocycles. The number of benzene rings is 2. The van der Waals surface area contributed by atoms with Gasteiger partial charge < -0.3 is 10.6 Å². The highest BCUT2D eigenvalue weighted by Crippen LogP contribution is 2.43. The van der Waals surface area contributed by atoms with Gasteiger partial charge in [-0.25, -0.2) is 0 Å². The Morgan fingerprint density at radius 1 is 0.963 bits per heavy atom. The van der Waals surface area contributed by atoms with Gasteiger partial charge in [0.05, 0.1) is 0 Å². The number of nitrogens with one attached hydrogen (secondary N) is 2. The van der Waals surface area contributed by atoms with Gasteiger partial charge in [-0.1, -0.05) is 68.8 Å². The second kappa shape index (κ2) is 8.38. The maximum absolute atomic E-state index is 12.8. The van der Waals surface area contributed by atoms with Crippen molar-refractivity contribution >= 4 is 11.8 Å². The van der Waals surface area contributed by atoms with E-state index in [4.69, 9.17) is 0 Å². The van der Waals surface area contributed by atoms with Crippen LogP contribution in [0.3, 0.4) is 0 Å². The number of amides is 2. The Bertz CT molecular complexity index is 767. The lowest BCUT2D eigenvalue weighted by molar-refractivity contribution is -0.124. The van der Waals surface area contributed by atoms with Crippen LogP contribution in [0.15, 0.2) is 60.7 Å². The van der Waals surface area contributed by atoms with Crippen LogP contribution in [0.5, 0.6) is 0 Å². The predicted octanol–water partition coefficient (Wildman–Crippen LogP) is 3.68. The van der Waals surface area contributed by atoms with Crippen LogP contribution >= 0.6 is 0 Å². The molecule has 1 aliphatic rings. The van der Waals surface area contributed by atoms with Crippen LogP contribution in [0.4, 0.5) is 0 Å². The number of rotatable bonds is 7. The van der Waals surface area contributed by atoms with Crippen molar-refractivity contribution in [2.75, 3.05) is 6.54 Å². The van der Waals surface area contributed by atoms with Crippen LogP contribution in [-0.4, -0.2) is 24.4 Å². The minimum absolute atomic E-state index is 0.00623. The zero-order valence-corrected chi connectivity index (χ0v) is 16.1. The molecule has 27 heavy (non-hydrogen) atoms. The highest BCUT2D eigenvalue weighted by atomic mass is 16.2. The first-order valence-electron chi connectivity index (χ1n) is 9.71. The van der Waals surface area contributed by atoms with Crippen LogP contribution in [0, 0.1) is 5.92 Å². The molecule has 0 aliphatic heterocycles. The summed E-state index contributed by atoms with van der Waals surface area (Å²) < 4.78 is 0. The number of carbonyl (C=O) groups excluding carboxylic acids is 2. The van der Waals surface area contributed by atoms with Crippen LogP contribution in [0.2, 0.25) is 0 Å². The summed E-state index contributed by atoms with van der Waals surface area (Å²) in [5.41, 5.74) is 1.88. The quantitative estimate of drug-likeness (QED) is 0.787. The highest BCUT2D eigenvalue weighted by molar-refractivity contribution is 5.97. The van der Waals surface area contributed by atoms with Crippen LogP contribution < -0.4 is 10.6 Å². The molecule has 0 spiro atoms. The summed E-state index contributed by atoms with van der Waals surface area (Å²) >= 11 is 0. The molecule has 0 heterocycles. The lowest BCUT2D eigenvalue weighted by atomic mass is 9.64. The number of hydrogen-bond donors (Lipinski definition) is 2. The zero-order valence-electron chi connectivity index (χ0n) is 16.1. The summed E-state index contributed by atoms with van der Waals surface area (Å²) in [5.74, 6) is -0.325. The average molecular weight is 364 g/mol. The fraction of sp³-hybridized carbons (Fsp3) is 0.391. The second-order valence-electron chi connectivity index (χ2n) is 7.78. The third-order valence-corrected chi connectivity index (χ3v) is 5.57. The van der Waals surface area contributed by atoms with E-state index in [1.54, 1.807) is 12.1 Å². The van der Waals surface area contributed by atoms with Crippen molar-refractivity contribution < 1.29 is 9.59 Å². The van der Waals surface area contributed by atoms with Gasteiger partial charge in [-0.15, -0.1) is 0 Å². The third kappa shape index (κ3) is 4.38. The lowest BCUT2D eigenvalue weighted by Crippen LogP contribution is -2.53. The van der Waals surface area contributed by atoms with E-state index >= 15 is 0 Å². The first kappa shape index (κ1) is 19.2. The van der Waals surface area contributed by atoms with E-state index in [0.717, 1.165) is 12.8 Å². The maximum Gasteiger partial charge on any atom is 0.251 e. The Labute approximate surface area is 161 Å². The maximum atomic E-state index is 12.8. The first-order chi connectivity index (χ1) is 13.0. The molecule has 1 saturated carbocycles. The van der Waals surface area contributed by atoms with E-state index in [9.17, 15) is 9.59 Å². The van der Waals surface area contributed by atoms with Crippen molar-refractivity contribution in [3.05, 3.63) is 71.8 Å². The molecule has 0 saturated heterocycles. The molecule has 2 N–H and O–H groups in total. The minimum Gasteiger partial charge on any atom is -0.353 e. The van der Waals surface area contributed by atoms with Gasteiger partial charge in [0, 0.05) is 17.5 Å². The Hall–Kier alpha value is -2.62. The largest absolute Gasteiger partial charge is 0.353 e. The monoisotopic (exact) mass is 364 g/mol. The van der Waals surface area contributed by atoms with E-state index < -0.39 is 6.04 Å². The van der Waals surface area contributed by atoms with Gasteiger partial charge in [-0.2, -0.15) is 0 Å². The molecule has 2 amide bonds. The fourth-order valence-electron chi connectivity index (χ4n) is 3.68. The van der Waals surface area contributed by atoms with Gasteiger partial charge in [-0.05, 0) is 36.5 Å². The normalized spacial score (nSPS) is 16.3. The Morgan fingerprint density at radius 3 is 2.07 bits per heavy atom. The Kier molecular flexibility index (Phi) is 5.94. The van der Waals surface area contributed by atoms with E-state index in [1.165, 1.54) is 12.0 Å². The fourth-order valence-corrected chi connectivity index (χ4v) is 3.68. The van der Waals surface area contributed by atoms with E-state index in [2.05, 4.69) is 22.8 Å². The van der Waals surface area contributed by atoms with Crippen LogP contribution in [0.25, 0.3) is 0 Å². The molecule has 4 nitrogen and oxygen atoms in total. The minimum atomic E-state index is -0.550. The van der Waals surface area contributed by atoms with Gasteiger partial charge >= 0.3 is 0 Å². The molecule has 0 unspecified atom stereocenters. The molecule has 0 aromatic heterocycles. The molecule has 2 aromatic rings. The van der Waals surface area contributed by atoms with E-state index in [-0.39, 0.29) is 23.1 Å². The summed E-state index contributed by atoms with van der Waals surface area (Å²) in [6, 6.07) is 18.9. The summed E-state index contributed by atoms with van der Waals surface area (Å²) in [7, 11) is 0. The van der Waals surface area contributed by atoms with Crippen LogP contribution in [0.1, 0.15) is 49.0 Å². The molecule has 0 radical (unpaired) electrons. The zero-order chi connectivity index (χ0) is 19.3. The first-order valence-corrected chi connectivity index (χ1v) is 9.71. The van der Waals surface area contributed by atoms with Crippen molar-refractivity contribution in [2.45, 2.75) is 44.6 Å². The smallest absolute Gasteiger partial charge is 0.251 e. The number of hydrogen-bond acceptors (Lipinski definition) is 2. The summed E-state index contributed by atoms with van der Waals surface area (Å²) in [5, 5.41) is 6.00. The highest BCUT2D eigenvalue weighted by Gasteiger charge is 2.39. The van der Waals surface area contributed by atoms with Gasteiger partial charge in [0.15, 0.2) is 0 Å². The van der Waals surface area contributed by atoms with Crippen molar-refractivity contribution in [3.8, 4) is 0 Å². The average Bonchev–Trinajstić information content (AvgIpc) is 2.66. The molecule has 3 rings (SSSR count). The van der Waals surface area contributed by atoms with Crippen LogP contribution in [-0.2, 0) is 10.2 Å². The summed E-state index contributed by atoms with van der Waals surface area (Å²) in [4.78, 5) is 25.3. The van der Waals surface area contributed by atoms with Gasteiger partial charge in [0.25, 0.3) is 5.91 Å². The number of carbonyl (C=O) groups is 2. The van der Waals surface area contributed by atoms with Crippen molar-refractivity contribution in [2.24, 2.45) is 5.92 Å². The molecule has 1 fully saturated rings. The summed E-state index contributed by atoms with van der Waals surface area (Å²) in [6.45, 7) is 4.51. The van der Waals surface area contributed by atoms with E-state index in [0.29, 0.717) is 12.1 Å². The Balaban J connectivity index is 1.64. The van der Waals surface area contributed by atoms with Crippen molar-refractivity contribution in [1.29, 1.82) is 0 Å². The molecule has 4 heteroatoms. The third-order valence-electron chi connectivity index (χ3n) is 5.57. The molecule has 0 bridgehead atoms. The standard InChI is InChI=1S/C23H28N2O2/c1-17(2)20(25-21(26)18-10-5-3-6-11-18)22(27)24-16-23(14-9-15-23)19-12-7-4-8-13-19/h3-8,10-13,17,20H,9,14-16H2,1-2H3,(H,24,27)(H,25,26)/t20-/m1/s1. The van der Waals surface area contributed by atoms with Crippen molar-refractivity contribution in [1.82, 2.24) is 10.6 Å². The second-order valence-corrected chi connectivity index (χ2v) is 7.78. The molecular weight excluding hydrogens is 336 g/mol. The summed E-state index contributed by atoms with van der Waals surface area (Å²) in [6.07, 6.45) is 3.35. The SMILES string of the molecule is CC(C)[C@@H](NC(=O)c1ccccc1)C(=O)NCC1(c2ccccc2)CCC1. The molecule has 142 valence electrons. The predicted molar refractivity (Wildman–Crippen MR) is 108 cm³/mol. The van der Waals surface area contributed by atoms with Crippen molar-refractivity contribution in [3.63, 3.8) is 0 Å². The molecule has 1 atom stereocenters. The Morgan fingerprint density at radius 2 is 1.56 bits per heavy atom. The van der Waals surface area contributed by atoms with Gasteiger partial charge in [-0.3, -0.25) is 9.59 Å². The van der Waals surface area contributed by atoms with E-state index in [1.807, 2.05) is 50.2 Å². The van der Waals surface area contributed by atoms with Gasteiger partial charge in [0.2, 0.25) is 5.91 Å².